The standard InChI is InChI=1S/C19H15BrClNO3S/c1-10(23)15-18(24)16-14(21)7-6-13(20)17(16)22-19(15)26-9-11-4-3-5-12(8-11)25-2/h3-8H,9H2,1-2H3,(H,22,24). The molecule has 0 fully saturated rings. The number of carbonyl (C=O) groups is 1. The van der Waals surface area contributed by atoms with Crippen LogP contribution >= 0.6 is 39.3 Å². The number of nitrogens with one attached hydrogen (secondary N) is 1. The summed E-state index contributed by atoms with van der Waals surface area (Å²) < 4.78 is 5.95. The van der Waals surface area contributed by atoms with Crippen molar-refractivity contribution in [2.75, 3.05) is 7.11 Å². The molecule has 4 nitrogen and oxygen atoms in total. The molecular formula is C19H15BrClNO3S. The normalized spacial score (nSPS) is 10.9. The van der Waals surface area contributed by atoms with Crippen LogP contribution in [-0.2, 0) is 5.75 Å². The Kier molecular flexibility index (Phi) is 5.75. The third-order valence-corrected chi connectivity index (χ3v) is 5.94. The topological polar surface area (TPSA) is 59.2 Å². The van der Waals surface area contributed by atoms with E-state index in [2.05, 4.69) is 20.9 Å². The number of H-pyrrole nitrogens is 1. The van der Waals surface area contributed by atoms with E-state index in [0.717, 1.165) is 11.3 Å². The molecule has 0 saturated heterocycles. The fourth-order valence-corrected chi connectivity index (χ4v) is 4.36. The van der Waals surface area contributed by atoms with Crippen molar-refractivity contribution in [2.45, 2.75) is 17.7 Å². The minimum absolute atomic E-state index is 0.130. The fourth-order valence-electron chi connectivity index (χ4n) is 2.65. The highest BCUT2D eigenvalue weighted by Gasteiger charge is 2.19. The number of benzene rings is 2. The monoisotopic (exact) mass is 451 g/mol. The minimum Gasteiger partial charge on any atom is -0.497 e. The van der Waals surface area contributed by atoms with Gasteiger partial charge in [0.1, 0.15) is 5.75 Å². The average Bonchev–Trinajstić information content (AvgIpc) is 2.62. The lowest BCUT2D eigenvalue weighted by atomic mass is 10.1. The molecule has 7 heteroatoms. The van der Waals surface area contributed by atoms with Crippen LogP contribution in [0.4, 0.5) is 0 Å². The fraction of sp³-hybridized carbons (Fsp3) is 0.158. The maximum atomic E-state index is 12.9. The predicted octanol–water partition coefficient (Wildman–Crippen LogP) is 5.45. The second-order valence-corrected chi connectivity index (χ2v) is 7.88. The number of aromatic nitrogens is 1. The first-order chi connectivity index (χ1) is 12.4. The van der Waals surface area contributed by atoms with E-state index in [1.165, 1.54) is 18.7 Å². The van der Waals surface area contributed by atoms with Crippen molar-refractivity contribution in [3.05, 3.63) is 67.2 Å². The molecule has 0 radical (unpaired) electrons. The highest BCUT2D eigenvalue weighted by Crippen LogP contribution is 2.31. The number of ketones is 1. The van der Waals surface area contributed by atoms with Gasteiger partial charge in [-0.05, 0) is 52.7 Å². The second-order valence-electron chi connectivity index (χ2n) is 5.63. The summed E-state index contributed by atoms with van der Waals surface area (Å²) in [4.78, 5) is 28.2. The first-order valence-electron chi connectivity index (χ1n) is 7.73. The molecule has 26 heavy (non-hydrogen) atoms. The van der Waals surface area contributed by atoms with E-state index in [-0.39, 0.29) is 16.8 Å². The zero-order chi connectivity index (χ0) is 18.8. The number of Topliss-reactive ketones (excluding diaryl/α,β-unsaturated/α-hetero) is 1. The molecule has 134 valence electrons. The SMILES string of the molecule is COc1cccc(CSc2[nH]c3c(Br)ccc(Cl)c3c(=O)c2C(C)=O)c1. The Morgan fingerprint density at radius 3 is 2.77 bits per heavy atom. The molecule has 0 aliphatic heterocycles. The average molecular weight is 453 g/mol. The maximum Gasteiger partial charge on any atom is 0.202 e. The molecule has 3 aromatic rings. The number of methoxy groups -OCH3 is 1. The largest absolute Gasteiger partial charge is 0.497 e. The number of rotatable bonds is 5. The summed E-state index contributed by atoms with van der Waals surface area (Å²) in [6, 6.07) is 11.1. The van der Waals surface area contributed by atoms with Crippen LogP contribution in [0.25, 0.3) is 10.9 Å². The summed E-state index contributed by atoms with van der Waals surface area (Å²) in [6.07, 6.45) is 0. The summed E-state index contributed by atoms with van der Waals surface area (Å²) in [5, 5.41) is 1.16. The molecule has 0 atom stereocenters. The van der Waals surface area contributed by atoms with Crippen LogP contribution in [0.3, 0.4) is 0 Å². The molecular weight excluding hydrogens is 438 g/mol. The van der Waals surface area contributed by atoms with Gasteiger partial charge in [-0.25, -0.2) is 0 Å². The number of halogens is 2. The van der Waals surface area contributed by atoms with E-state index >= 15 is 0 Å². The van der Waals surface area contributed by atoms with Crippen LogP contribution < -0.4 is 10.2 Å². The maximum absolute atomic E-state index is 12.9. The van der Waals surface area contributed by atoms with Crippen LogP contribution in [0.1, 0.15) is 22.8 Å². The van der Waals surface area contributed by atoms with Gasteiger partial charge >= 0.3 is 0 Å². The Hall–Kier alpha value is -1.76. The zero-order valence-electron chi connectivity index (χ0n) is 14.1. The van der Waals surface area contributed by atoms with Crippen molar-refractivity contribution in [3.63, 3.8) is 0 Å². The van der Waals surface area contributed by atoms with E-state index < -0.39 is 0 Å². The van der Waals surface area contributed by atoms with Gasteiger partial charge in [0, 0.05) is 10.2 Å². The number of hydrogen-bond acceptors (Lipinski definition) is 4. The number of fused-ring (bicyclic) bond motifs is 1. The summed E-state index contributed by atoms with van der Waals surface area (Å²) >= 11 is 11.0. The Morgan fingerprint density at radius 1 is 1.31 bits per heavy atom. The quantitative estimate of drug-likeness (QED) is 0.413. The van der Waals surface area contributed by atoms with E-state index in [0.29, 0.717) is 31.2 Å². The Bertz CT molecular complexity index is 1060. The van der Waals surface area contributed by atoms with Crippen LogP contribution in [0, 0.1) is 0 Å². The number of ether oxygens (including phenoxy) is 1. The van der Waals surface area contributed by atoms with E-state index in [1.807, 2.05) is 24.3 Å². The molecule has 0 unspecified atom stereocenters. The van der Waals surface area contributed by atoms with Gasteiger partial charge in [-0.1, -0.05) is 23.7 Å². The van der Waals surface area contributed by atoms with Crippen LogP contribution in [0.2, 0.25) is 5.02 Å². The van der Waals surface area contributed by atoms with Crippen molar-refractivity contribution in [2.24, 2.45) is 0 Å². The first kappa shape index (κ1) is 19.0. The van der Waals surface area contributed by atoms with E-state index in [9.17, 15) is 9.59 Å². The molecule has 1 heterocycles. The third kappa shape index (κ3) is 3.68. The molecule has 1 aromatic heterocycles. The number of aromatic amines is 1. The van der Waals surface area contributed by atoms with Crippen molar-refractivity contribution < 1.29 is 9.53 Å². The van der Waals surface area contributed by atoms with Crippen molar-refractivity contribution >= 4 is 56.0 Å². The highest BCUT2D eigenvalue weighted by molar-refractivity contribution is 9.10. The van der Waals surface area contributed by atoms with Gasteiger partial charge in [-0.3, -0.25) is 9.59 Å². The van der Waals surface area contributed by atoms with Gasteiger partial charge < -0.3 is 9.72 Å². The van der Waals surface area contributed by atoms with Crippen LogP contribution in [-0.4, -0.2) is 17.9 Å². The summed E-state index contributed by atoms with van der Waals surface area (Å²) in [5.74, 6) is 1.05. The van der Waals surface area contributed by atoms with Gasteiger partial charge in [-0.2, -0.15) is 0 Å². The van der Waals surface area contributed by atoms with Crippen LogP contribution in [0.5, 0.6) is 5.75 Å². The molecule has 0 saturated carbocycles. The highest BCUT2D eigenvalue weighted by atomic mass is 79.9. The van der Waals surface area contributed by atoms with Crippen LogP contribution in [0.15, 0.2) is 50.7 Å². The predicted molar refractivity (Wildman–Crippen MR) is 110 cm³/mol. The molecule has 0 aliphatic rings. The van der Waals surface area contributed by atoms with Crippen molar-refractivity contribution in [3.8, 4) is 5.75 Å². The molecule has 2 aromatic carbocycles. The third-order valence-electron chi connectivity index (χ3n) is 3.89. The minimum atomic E-state index is -0.356. The number of thioether (sulfide) groups is 1. The molecule has 3 rings (SSSR count). The smallest absolute Gasteiger partial charge is 0.202 e. The Balaban J connectivity index is 2.09. The van der Waals surface area contributed by atoms with E-state index in [4.69, 9.17) is 16.3 Å². The first-order valence-corrected chi connectivity index (χ1v) is 9.88. The zero-order valence-corrected chi connectivity index (χ0v) is 17.2. The number of pyridine rings is 1. The Morgan fingerprint density at radius 2 is 2.08 bits per heavy atom. The molecule has 0 amide bonds. The molecule has 0 bridgehead atoms. The lowest BCUT2D eigenvalue weighted by molar-refractivity contribution is 0.101. The van der Waals surface area contributed by atoms with Gasteiger partial charge in [0.25, 0.3) is 0 Å². The number of carbonyl (C=O) groups excluding carboxylic acids is 1. The van der Waals surface area contributed by atoms with E-state index in [1.54, 1.807) is 19.2 Å². The van der Waals surface area contributed by atoms with Gasteiger partial charge in [0.05, 0.1) is 33.6 Å². The second kappa shape index (κ2) is 7.86. The lowest BCUT2D eigenvalue weighted by Crippen LogP contribution is -2.17. The molecule has 0 aliphatic carbocycles. The molecule has 0 spiro atoms. The summed E-state index contributed by atoms with van der Waals surface area (Å²) in [5.41, 5.74) is 1.38. The summed E-state index contributed by atoms with van der Waals surface area (Å²) in [6.45, 7) is 1.39. The van der Waals surface area contributed by atoms with Crippen molar-refractivity contribution in [1.29, 1.82) is 0 Å². The summed E-state index contributed by atoms with van der Waals surface area (Å²) in [7, 11) is 1.61. The van der Waals surface area contributed by atoms with Gasteiger partial charge in [0.2, 0.25) is 5.43 Å². The molecule has 1 N–H and O–H groups in total. The van der Waals surface area contributed by atoms with Gasteiger partial charge in [0.15, 0.2) is 5.78 Å². The Labute approximate surface area is 168 Å². The van der Waals surface area contributed by atoms with Gasteiger partial charge in [-0.15, -0.1) is 11.8 Å². The number of hydrogen-bond donors (Lipinski definition) is 1. The lowest BCUT2D eigenvalue weighted by Gasteiger charge is -2.11. The van der Waals surface area contributed by atoms with Crippen molar-refractivity contribution in [1.82, 2.24) is 4.98 Å².